The van der Waals surface area contributed by atoms with Crippen LogP contribution < -0.4 is 10.9 Å². The molecule has 8 heteroatoms. The summed E-state index contributed by atoms with van der Waals surface area (Å²) in [5.41, 5.74) is 4.53. The molecular weight excluding hydrogens is 272 g/mol. The van der Waals surface area contributed by atoms with Gasteiger partial charge in [-0.1, -0.05) is 0 Å². The van der Waals surface area contributed by atoms with Gasteiger partial charge in [0, 0.05) is 17.6 Å². The maximum absolute atomic E-state index is 11.7. The van der Waals surface area contributed by atoms with Crippen molar-refractivity contribution < 1.29 is 12.3 Å². The number of nitrogens with one attached hydrogen (secondary N) is 2. The van der Waals surface area contributed by atoms with Crippen molar-refractivity contribution in [2.75, 3.05) is 0 Å². The normalized spacial score (nSPS) is 11.7. The van der Waals surface area contributed by atoms with Crippen LogP contribution in [0, 0.1) is 6.92 Å². The van der Waals surface area contributed by atoms with Crippen LogP contribution in [-0.4, -0.2) is 21.8 Å². The molecule has 0 saturated heterocycles. The molecule has 0 aliphatic heterocycles. The molecule has 2 aromatic rings. The van der Waals surface area contributed by atoms with E-state index in [1.54, 1.807) is 6.92 Å². The minimum Gasteiger partial charge on any atom is -0.274 e. The molecule has 0 aromatic carbocycles. The van der Waals surface area contributed by atoms with Gasteiger partial charge in [-0.05, 0) is 6.92 Å². The number of nitrogens with zero attached hydrogens (tertiary/aromatic N) is 2. The summed E-state index contributed by atoms with van der Waals surface area (Å²) in [6.07, 6.45) is 0. The lowest BCUT2D eigenvalue weighted by molar-refractivity contribution is -0.119. The Labute approximate surface area is 114 Å². The van der Waals surface area contributed by atoms with Crippen LogP contribution >= 0.6 is 22.7 Å². The van der Waals surface area contributed by atoms with Crippen LogP contribution in [0.2, 0.25) is 0 Å². The van der Waals surface area contributed by atoms with Gasteiger partial charge in [-0.3, -0.25) is 20.4 Å². The van der Waals surface area contributed by atoms with E-state index in [4.69, 9.17) is 2.74 Å². The highest BCUT2D eigenvalue weighted by molar-refractivity contribution is 7.14. The molecule has 0 spiro atoms. The fourth-order valence-corrected chi connectivity index (χ4v) is 2.31. The number of thiazole rings is 2. The van der Waals surface area contributed by atoms with Crippen molar-refractivity contribution in [3.05, 3.63) is 21.4 Å². The number of carbonyl (C=O) groups is 2. The highest BCUT2D eigenvalue weighted by Gasteiger charge is 2.13. The van der Waals surface area contributed by atoms with Gasteiger partial charge in [0.15, 0.2) is 0 Å². The van der Waals surface area contributed by atoms with Gasteiger partial charge >= 0.3 is 0 Å². The maximum Gasteiger partial charge on any atom is 0.289 e. The van der Waals surface area contributed by atoms with Gasteiger partial charge in [-0.15, -0.1) is 22.7 Å². The molecule has 2 aromatic heterocycles. The Kier molecular flexibility index (Phi) is 2.95. The van der Waals surface area contributed by atoms with E-state index in [9.17, 15) is 9.59 Å². The van der Waals surface area contributed by atoms with Gasteiger partial charge in [-0.2, -0.15) is 0 Å². The number of rotatable bonds is 2. The second-order valence-corrected chi connectivity index (χ2v) is 5.08. The first-order valence-electron chi connectivity index (χ1n) is 5.87. The van der Waals surface area contributed by atoms with Gasteiger partial charge in [-0.25, -0.2) is 9.97 Å². The average Bonchev–Trinajstić information content (AvgIpc) is 2.89. The fraction of sp³-hybridized carbons (Fsp3) is 0.200. The van der Waals surface area contributed by atoms with Crippen molar-refractivity contribution in [2.45, 2.75) is 13.8 Å². The largest absolute Gasteiger partial charge is 0.289 e. The van der Waals surface area contributed by atoms with Crippen LogP contribution in [-0.2, 0) is 4.79 Å². The smallest absolute Gasteiger partial charge is 0.274 e. The number of carbonyl (C=O) groups excluding carboxylic acids is 2. The van der Waals surface area contributed by atoms with Crippen LogP contribution in [0.15, 0.2) is 10.7 Å². The Morgan fingerprint density at radius 1 is 1.28 bits per heavy atom. The zero-order chi connectivity index (χ0) is 14.9. The van der Waals surface area contributed by atoms with Crippen molar-refractivity contribution in [1.29, 1.82) is 0 Å². The van der Waals surface area contributed by atoms with Crippen LogP contribution in [0.1, 0.15) is 25.2 Å². The molecule has 94 valence electrons. The third-order valence-corrected chi connectivity index (χ3v) is 3.25. The number of hydrogen-bond acceptors (Lipinski definition) is 6. The Bertz CT molecular complexity index is 683. The van der Waals surface area contributed by atoms with E-state index < -0.39 is 11.8 Å². The fourth-order valence-electron chi connectivity index (χ4n) is 1.06. The predicted octanol–water partition coefficient (Wildman–Crippen LogP) is 1.36. The first kappa shape index (κ1) is 10.2. The topological polar surface area (TPSA) is 84.0 Å². The van der Waals surface area contributed by atoms with Crippen molar-refractivity contribution >= 4 is 34.5 Å². The van der Waals surface area contributed by atoms with E-state index in [0.717, 1.165) is 16.3 Å². The van der Waals surface area contributed by atoms with Crippen molar-refractivity contribution in [2.24, 2.45) is 0 Å². The summed E-state index contributed by atoms with van der Waals surface area (Å²) in [7, 11) is 0. The van der Waals surface area contributed by atoms with Gasteiger partial charge in [0.2, 0.25) is 5.91 Å². The maximum atomic E-state index is 11.7. The lowest BCUT2D eigenvalue weighted by Gasteiger charge is -2.01. The van der Waals surface area contributed by atoms with Gasteiger partial charge in [0.25, 0.3) is 5.91 Å². The van der Waals surface area contributed by atoms with Crippen LogP contribution in [0.25, 0.3) is 10.7 Å². The molecule has 2 rings (SSSR count). The molecule has 0 bridgehead atoms. The zero-order valence-electron chi connectivity index (χ0n) is 11.5. The number of aryl methyl sites for hydroxylation is 1. The van der Waals surface area contributed by atoms with Crippen LogP contribution in [0.5, 0.6) is 0 Å². The van der Waals surface area contributed by atoms with Gasteiger partial charge in [0.1, 0.15) is 16.4 Å². The summed E-state index contributed by atoms with van der Waals surface area (Å²) in [6, 6.07) is 0. The summed E-state index contributed by atoms with van der Waals surface area (Å²) in [5, 5.41) is 1.26. The van der Waals surface area contributed by atoms with E-state index in [0.29, 0.717) is 10.7 Å². The number of amides is 2. The number of hydrogen-bond donors (Lipinski definition) is 2. The zero-order valence-corrected chi connectivity index (χ0v) is 11.2. The molecule has 2 heterocycles. The van der Waals surface area contributed by atoms with E-state index in [2.05, 4.69) is 20.8 Å². The lowest BCUT2D eigenvalue weighted by Crippen LogP contribution is -2.40. The number of aromatic nitrogens is 2. The molecule has 0 aliphatic rings. The minimum atomic E-state index is -0.675. The summed E-state index contributed by atoms with van der Waals surface area (Å²) in [5.74, 6) is -1.10. The summed E-state index contributed by atoms with van der Waals surface area (Å²) < 4.78 is 15.5. The van der Waals surface area contributed by atoms with Crippen molar-refractivity contribution in [1.82, 2.24) is 20.8 Å². The molecule has 0 fully saturated rings. The van der Waals surface area contributed by atoms with Crippen molar-refractivity contribution in [3.63, 3.8) is 0 Å². The third-order valence-electron chi connectivity index (χ3n) is 1.79. The first-order chi connectivity index (χ1) is 9.38. The molecule has 0 atom stereocenters. The Morgan fingerprint density at radius 3 is 2.67 bits per heavy atom. The number of hydrazine groups is 1. The second kappa shape index (κ2) is 5.23. The van der Waals surface area contributed by atoms with Crippen LogP contribution in [0.4, 0.5) is 0 Å². The molecule has 0 radical (unpaired) electrons. The standard InChI is InChI=1S/C10H10N4O2S2/c1-5(15)13-14-9(16)7-3-18-10(12-7)8-4-17-6(2)11-8/h3-4H,1-2H3,(H,13,15)(H,14,16)/i3D,4D. The highest BCUT2D eigenvalue weighted by Crippen LogP contribution is 2.24. The molecule has 2 N–H and O–H groups in total. The highest BCUT2D eigenvalue weighted by atomic mass is 32.1. The Morgan fingerprint density at radius 2 is 2.06 bits per heavy atom. The third kappa shape index (κ3) is 2.90. The molecule has 0 unspecified atom stereocenters. The SMILES string of the molecule is [2H]c1sc(-c2nc(C)sc2[2H])nc1C(=O)NNC(C)=O. The van der Waals surface area contributed by atoms with E-state index in [1.165, 1.54) is 18.3 Å². The second-order valence-electron chi connectivity index (χ2n) is 3.29. The van der Waals surface area contributed by atoms with E-state index >= 15 is 0 Å². The van der Waals surface area contributed by atoms with Gasteiger partial charge < -0.3 is 0 Å². The molecule has 0 aliphatic carbocycles. The Balaban J connectivity index is 2.28. The molecule has 0 saturated carbocycles. The lowest BCUT2D eigenvalue weighted by atomic mass is 10.4. The molecule has 2 amide bonds. The first-order valence-corrected chi connectivity index (χ1v) is 6.50. The summed E-state index contributed by atoms with van der Waals surface area (Å²) in [6.45, 7) is 3.02. The monoisotopic (exact) mass is 284 g/mol. The predicted molar refractivity (Wildman–Crippen MR) is 69.2 cm³/mol. The summed E-state index contributed by atoms with van der Waals surface area (Å²) in [4.78, 5) is 30.6. The van der Waals surface area contributed by atoms with Crippen molar-refractivity contribution in [3.8, 4) is 10.7 Å². The van der Waals surface area contributed by atoms with E-state index in [1.807, 2.05) is 0 Å². The Hall–Kier alpha value is -1.80. The quantitative estimate of drug-likeness (QED) is 0.815. The van der Waals surface area contributed by atoms with Gasteiger partial charge in [0.05, 0.1) is 7.75 Å². The molecule has 18 heavy (non-hydrogen) atoms. The average molecular weight is 284 g/mol. The minimum absolute atomic E-state index is 0.0482. The summed E-state index contributed by atoms with van der Waals surface area (Å²) >= 11 is 2.17. The van der Waals surface area contributed by atoms with Crippen LogP contribution in [0.3, 0.4) is 0 Å². The molecule has 6 nitrogen and oxygen atoms in total. The molecular formula is C10H10N4O2S2. The van der Waals surface area contributed by atoms with E-state index in [-0.39, 0.29) is 16.4 Å².